The maximum atomic E-state index is 11.5. The lowest BCUT2D eigenvalue weighted by atomic mass is 9.90. The van der Waals surface area contributed by atoms with E-state index in [-0.39, 0.29) is 18.0 Å². The Kier molecular flexibility index (Phi) is 5.68. The second kappa shape index (κ2) is 8.62. The minimum atomic E-state index is -0.817. The number of anilines is 2. The van der Waals surface area contributed by atoms with Crippen LogP contribution in [-0.2, 0) is 0 Å². The van der Waals surface area contributed by atoms with Crippen molar-refractivity contribution in [3.63, 3.8) is 0 Å². The van der Waals surface area contributed by atoms with Gasteiger partial charge in [0.05, 0.1) is 5.69 Å². The van der Waals surface area contributed by atoms with Crippen molar-refractivity contribution in [3.8, 4) is 11.5 Å². The van der Waals surface area contributed by atoms with Crippen LogP contribution in [0.5, 0.6) is 11.5 Å². The molecule has 2 bridgehead atoms. The summed E-state index contributed by atoms with van der Waals surface area (Å²) < 4.78 is 11.4. The van der Waals surface area contributed by atoms with Crippen molar-refractivity contribution in [2.45, 2.75) is 50.6 Å². The van der Waals surface area contributed by atoms with E-state index in [2.05, 4.69) is 35.6 Å². The average Bonchev–Trinajstić information content (AvgIpc) is 3.34. The Labute approximate surface area is 197 Å². The Morgan fingerprint density at radius 2 is 2.06 bits per heavy atom. The number of carbonyl (C=O) groups is 1. The number of ether oxygens (including phenoxy) is 1. The standard InChI is InChI=1S/C21H21BrN6O3S/c1-11-16(3-2-6-23-11)31-17-9-13(22)10-24-19(17)26-20-25-18(27-32-20)12-7-14-4-5-15(8-12)28(14)21(29)30/h2-3,6,9-10,12,14-15H,4-5,7-8H2,1H3,(H,29,30)(H,24,25,26,27). The molecule has 9 nitrogen and oxygen atoms in total. The summed E-state index contributed by atoms with van der Waals surface area (Å²) in [5.41, 5.74) is 0.777. The molecule has 166 valence electrons. The topological polar surface area (TPSA) is 113 Å². The molecule has 1 amide bonds. The van der Waals surface area contributed by atoms with Gasteiger partial charge in [0.2, 0.25) is 5.13 Å². The first-order chi connectivity index (χ1) is 15.5. The van der Waals surface area contributed by atoms with Crippen LogP contribution >= 0.6 is 27.5 Å². The van der Waals surface area contributed by atoms with Crippen LogP contribution in [0.25, 0.3) is 0 Å². The number of piperidine rings is 1. The zero-order valence-corrected chi connectivity index (χ0v) is 19.6. The highest BCUT2D eigenvalue weighted by Gasteiger charge is 2.44. The zero-order valence-electron chi connectivity index (χ0n) is 17.2. The summed E-state index contributed by atoms with van der Waals surface area (Å²) in [5.74, 6) is 2.65. The van der Waals surface area contributed by atoms with Gasteiger partial charge >= 0.3 is 6.09 Å². The minimum absolute atomic E-state index is 0.0621. The van der Waals surface area contributed by atoms with Gasteiger partial charge in [-0.25, -0.2) is 14.8 Å². The number of aryl methyl sites for hydroxylation is 1. The van der Waals surface area contributed by atoms with E-state index in [0.29, 0.717) is 22.4 Å². The first kappa shape index (κ1) is 21.1. The second-order valence-electron chi connectivity index (χ2n) is 8.02. The Hall–Kier alpha value is -2.79. The average molecular weight is 517 g/mol. The van der Waals surface area contributed by atoms with Gasteiger partial charge in [0.1, 0.15) is 11.6 Å². The van der Waals surface area contributed by atoms with Gasteiger partial charge in [0, 0.05) is 52.5 Å². The molecule has 2 saturated heterocycles. The van der Waals surface area contributed by atoms with E-state index >= 15 is 0 Å². The lowest BCUT2D eigenvalue weighted by Gasteiger charge is -2.36. The van der Waals surface area contributed by atoms with Crippen molar-refractivity contribution in [3.05, 3.63) is 46.6 Å². The van der Waals surface area contributed by atoms with Crippen LogP contribution in [0.4, 0.5) is 15.7 Å². The van der Waals surface area contributed by atoms with Crippen LogP contribution in [0.2, 0.25) is 0 Å². The van der Waals surface area contributed by atoms with Crippen LogP contribution < -0.4 is 10.1 Å². The number of pyridine rings is 2. The van der Waals surface area contributed by atoms with Crippen LogP contribution in [-0.4, -0.2) is 47.5 Å². The Morgan fingerprint density at radius 1 is 1.28 bits per heavy atom. The summed E-state index contributed by atoms with van der Waals surface area (Å²) in [6, 6.07) is 5.64. The predicted molar refractivity (Wildman–Crippen MR) is 123 cm³/mol. The summed E-state index contributed by atoms with van der Waals surface area (Å²) in [6.45, 7) is 1.88. The molecule has 0 aliphatic carbocycles. The number of fused-ring (bicyclic) bond motifs is 2. The van der Waals surface area contributed by atoms with Gasteiger partial charge in [-0.05, 0) is 60.7 Å². The Morgan fingerprint density at radius 3 is 2.78 bits per heavy atom. The molecule has 11 heteroatoms. The molecule has 0 aromatic carbocycles. The van der Waals surface area contributed by atoms with E-state index in [9.17, 15) is 9.90 Å². The number of carboxylic acid groups (broad SMARTS) is 1. The van der Waals surface area contributed by atoms with Gasteiger partial charge < -0.3 is 20.1 Å². The molecule has 5 heterocycles. The fraction of sp³-hybridized carbons (Fsp3) is 0.381. The van der Waals surface area contributed by atoms with Gasteiger partial charge in [-0.3, -0.25) is 4.98 Å². The normalized spacial score (nSPS) is 22.1. The monoisotopic (exact) mass is 516 g/mol. The number of nitrogens with zero attached hydrogens (tertiary/aromatic N) is 5. The maximum Gasteiger partial charge on any atom is 0.407 e. The molecule has 2 atom stereocenters. The van der Waals surface area contributed by atoms with Crippen LogP contribution in [0, 0.1) is 6.92 Å². The third-order valence-electron chi connectivity index (χ3n) is 5.98. The fourth-order valence-electron chi connectivity index (χ4n) is 4.54. The van der Waals surface area contributed by atoms with Crippen molar-refractivity contribution in [1.82, 2.24) is 24.2 Å². The molecule has 5 rings (SSSR count). The van der Waals surface area contributed by atoms with E-state index in [1.807, 2.05) is 25.1 Å². The van der Waals surface area contributed by atoms with Gasteiger partial charge in [0.15, 0.2) is 11.6 Å². The highest BCUT2D eigenvalue weighted by atomic mass is 79.9. The largest absolute Gasteiger partial charge is 0.465 e. The zero-order chi connectivity index (χ0) is 22.2. The summed E-state index contributed by atoms with van der Waals surface area (Å²) in [4.78, 5) is 26.6. The lowest BCUT2D eigenvalue weighted by molar-refractivity contribution is 0.0956. The fourth-order valence-corrected chi connectivity index (χ4v) is 5.50. The SMILES string of the molecule is Cc1ncccc1Oc1cc(Br)cnc1Nc1nc(C2CC3CCC(C2)N3C(=O)O)ns1. The van der Waals surface area contributed by atoms with Gasteiger partial charge in [0.25, 0.3) is 0 Å². The Bertz CT molecular complexity index is 1140. The van der Waals surface area contributed by atoms with Crippen molar-refractivity contribution < 1.29 is 14.6 Å². The highest BCUT2D eigenvalue weighted by Crippen LogP contribution is 2.43. The molecule has 2 N–H and O–H groups in total. The van der Waals surface area contributed by atoms with E-state index in [1.54, 1.807) is 17.3 Å². The molecular formula is C21H21BrN6O3S. The molecule has 3 aromatic heterocycles. The molecule has 2 unspecified atom stereocenters. The molecule has 3 aromatic rings. The first-order valence-corrected chi connectivity index (χ1v) is 11.9. The number of hydrogen-bond acceptors (Lipinski definition) is 8. The second-order valence-corrected chi connectivity index (χ2v) is 9.68. The van der Waals surface area contributed by atoms with Crippen molar-refractivity contribution >= 4 is 44.5 Å². The predicted octanol–water partition coefficient (Wildman–Crippen LogP) is 5.32. The van der Waals surface area contributed by atoms with E-state index in [1.165, 1.54) is 11.5 Å². The van der Waals surface area contributed by atoms with Crippen molar-refractivity contribution in [1.29, 1.82) is 0 Å². The highest BCUT2D eigenvalue weighted by molar-refractivity contribution is 9.10. The number of nitrogens with one attached hydrogen (secondary N) is 1. The summed E-state index contributed by atoms with van der Waals surface area (Å²) in [5, 5.41) is 13.3. The minimum Gasteiger partial charge on any atom is -0.465 e. The summed E-state index contributed by atoms with van der Waals surface area (Å²) >= 11 is 4.71. The van der Waals surface area contributed by atoms with Crippen LogP contribution in [0.3, 0.4) is 0 Å². The number of amides is 1. The molecule has 2 aliphatic heterocycles. The summed E-state index contributed by atoms with van der Waals surface area (Å²) in [6.07, 6.45) is 5.96. The third kappa shape index (κ3) is 4.14. The lowest BCUT2D eigenvalue weighted by Crippen LogP contribution is -2.45. The quantitative estimate of drug-likeness (QED) is 0.468. The molecular weight excluding hydrogens is 496 g/mol. The number of hydrogen-bond donors (Lipinski definition) is 2. The number of rotatable bonds is 5. The van der Waals surface area contributed by atoms with Crippen LogP contribution in [0.15, 0.2) is 35.1 Å². The smallest absolute Gasteiger partial charge is 0.407 e. The first-order valence-electron chi connectivity index (χ1n) is 10.3. The molecule has 32 heavy (non-hydrogen) atoms. The molecule has 0 saturated carbocycles. The van der Waals surface area contributed by atoms with Crippen molar-refractivity contribution in [2.24, 2.45) is 0 Å². The molecule has 2 aliphatic rings. The van der Waals surface area contributed by atoms with Crippen LogP contribution in [0.1, 0.15) is 43.1 Å². The maximum absolute atomic E-state index is 11.5. The number of halogens is 1. The summed E-state index contributed by atoms with van der Waals surface area (Å²) in [7, 11) is 0. The Balaban J connectivity index is 1.33. The molecule has 2 fully saturated rings. The van der Waals surface area contributed by atoms with E-state index < -0.39 is 6.09 Å². The molecule has 0 radical (unpaired) electrons. The number of aromatic nitrogens is 4. The van der Waals surface area contributed by atoms with Gasteiger partial charge in [-0.1, -0.05) is 0 Å². The molecule has 0 spiro atoms. The van der Waals surface area contributed by atoms with Gasteiger partial charge in [-0.15, -0.1) is 0 Å². The van der Waals surface area contributed by atoms with E-state index in [0.717, 1.165) is 41.7 Å². The van der Waals surface area contributed by atoms with Gasteiger partial charge in [-0.2, -0.15) is 4.37 Å². The van der Waals surface area contributed by atoms with Crippen molar-refractivity contribution in [2.75, 3.05) is 5.32 Å². The van der Waals surface area contributed by atoms with E-state index in [4.69, 9.17) is 9.72 Å². The third-order valence-corrected chi connectivity index (χ3v) is 7.06.